The van der Waals surface area contributed by atoms with Gasteiger partial charge in [0.15, 0.2) is 5.96 Å². The minimum atomic E-state index is -3.18. The van der Waals surface area contributed by atoms with Crippen molar-refractivity contribution in [1.29, 1.82) is 0 Å². The van der Waals surface area contributed by atoms with Crippen molar-refractivity contribution in [2.45, 2.75) is 57.7 Å². The fraction of sp³-hybridized carbons (Fsp3) is 0.882. The van der Waals surface area contributed by atoms with Crippen molar-refractivity contribution >= 4 is 22.1 Å². The topological polar surface area (TPSA) is 103 Å². The number of aliphatic imine (C=N–C) groups is 1. The van der Waals surface area contributed by atoms with Crippen molar-refractivity contribution in [1.82, 2.24) is 19.8 Å². The van der Waals surface area contributed by atoms with E-state index in [2.05, 4.69) is 20.5 Å². The van der Waals surface area contributed by atoms with Crippen LogP contribution in [0.4, 0.5) is 4.79 Å². The summed E-state index contributed by atoms with van der Waals surface area (Å²) in [6.07, 6.45) is 3.38. The first kappa shape index (κ1) is 21.7. The zero-order chi connectivity index (χ0) is 20.2. The molecule has 2 heterocycles. The molecule has 2 atom stereocenters. The first-order valence-electron chi connectivity index (χ1n) is 9.41. The van der Waals surface area contributed by atoms with Crippen molar-refractivity contribution in [3.05, 3.63) is 0 Å². The molecule has 0 aliphatic carbocycles. The number of rotatable bonds is 4. The highest BCUT2D eigenvalue weighted by Crippen LogP contribution is 2.20. The maximum Gasteiger partial charge on any atom is 0.407 e. The lowest BCUT2D eigenvalue weighted by molar-refractivity contribution is 0.0507. The van der Waals surface area contributed by atoms with E-state index in [0.717, 1.165) is 31.8 Å². The first-order valence-corrected chi connectivity index (χ1v) is 11.3. The van der Waals surface area contributed by atoms with Crippen LogP contribution in [0.15, 0.2) is 4.99 Å². The SMILES string of the molecule is CN=C(NC[C@H]1CCCN1S(C)(=O)=O)N1CC[C@@H](NC(=O)OC(C)(C)C)C1. The minimum absolute atomic E-state index is 0.00241. The molecule has 10 heteroatoms. The number of nitrogens with one attached hydrogen (secondary N) is 2. The van der Waals surface area contributed by atoms with E-state index in [0.29, 0.717) is 19.6 Å². The molecule has 2 aliphatic rings. The van der Waals surface area contributed by atoms with Gasteiger partial charge < -0.3 is 20.3 Å². The summed E-state index contributed by atoms with van der Waals surface area (Å²) in [5, 5.41) is 6.19. The highest BCUT2D eigenvalue weighted by atomic mass is 32.2. The summed E-state index contributed by atoms with van der Waals surface area (Å²) in [5.74, 6) is 0.726. The Labute approximate surface area is 162 Å². The molecule has 0 unspecified atom stereocenters. The zero-order valence-electron chi connectivity index (χ0n) is 17.0. The number of nitrogens with zero attached hydrogens (tertiary/aromatic N) is 3. The Morgan fingerprint density at radius 3 is 2.56 bits per heavy atom. The third-order valence-electron chi connectivity index (χ3n) is 4.67. The smallest absolute Gasteiger partial charge is 0.407 e. The molecular weight excluding hydrogens is 370 g/mol. The van der Waals surface area contributed by atoms with E-state index in [1.165, 1.54) is 6.26 Å². The van der Waals surface area contributed by atoms with Gasteiger partial charge in [-0.2, -0.15) is 4.31 Å². The van der Waals surface area contributed by atoms with Crippen LogP contribution in [0.1, 0.15) is 40.0 Å². The number of amides is 1. The maximum absolute atomic E-state index is 11.9. The standard InChI is InChI=1S/C17H33N5O4S/c1-17(2,3)26-16(23)20-13-8-10-21(12-13)15(18-4)19-11-14-7-6-9-22(14)27(5,24)25/h13-14H,6-12H2,1-5H3,(H,18,19)(H,20,23)/t13-,14-/m1/s1. The molecule has 2 rings (SSSR count). The summed E-state index contributed by atoms with van der Waals surface area (Å²) >= 11 is 0. The Morgan fingerprint density at radius 1 is 1.26 bits per heavy atom. The van der Waals surface area contributed by atoms with Crippen molar-refractivity contribution in [2.75, 3.05) is 39.5 Å². The van der Waals surface area contributed by atoms with E-state index in [1.54, 1.807) is 11.4 Å². The fourth-order valence-electron chi connectivity index (χ4n) is 3.54. The molecule has 1 amide bonds. The van der Waals surface area contributed by atoms with E-state index < -0.39 is 21.7 Å². The second-order valence-corrected chi connectivity index (χ2v) is 10.1. The quantitative estimate of drug-likeness (QED) is 0.526. The van der Waals surface area contributed by atoms with Crippen LogP contribution in [0.2, 0.25) is 0 Å². The molecule has 0 spiro atoms. The summed E-state index contributed by atoms with van der Waals surface area (Å²) in [6, 6.07) is -0.0487. The van der Waals surface area contributed by atoms with Crippen LogP contribution in [0.25, 0.3) is 0 Å². The van der Waals surface area contributed by atoms with E-state index in [1.807, 2.05) is 20.8 Å². The van der Waals surface area contributed by atoms with Gasteiger partial charge in [0.2, 0.25) is 10.0 Å². The zero-order valence-corrected chi connectivity index (χ0v) is 17.8. The van der Waals surface area contributed by atoms with Crippen LogP contribution >= 0.6 is 0 Å². The molecule has 156 valence electrons. The fourth-order valence-corrected chi connectivity index (χ4v) is 4.72. The normalized spacial score (nSPS) is 24.9. The second-order valence-electron chi connectivity index (χ2n) is 8.18. The molecule has 0 saturated carbocycles. The Bertz CT molecular complexity index is 659. The van der Waals surface area contributed by atoms with Crippen LogP contribution < -0.4 is 10.6 Å². The predicted molar refractivity (Wildman–Crippen MR) is 105 cm³/mol. The van der Waals surface area contributed by atoms with E-state index in [-0.39, 0.29) is 12.1 Å². The monoisotopic (exact) mass is 403 g/mol. The highest BCUT2D eigenvalue weighted by Gasteiger charge is 2.32. The van der Waals surface area contributed by atoms with Crippen LogP contribution in [-0.4, -0.2) is 86.8 Å². The number of ether oxygens (including phenoxy) is 1. The van der Waals surface area contributed by atoms with Crippen molar-refractivity contribution in [3.63, 3.8) is 0 Å². The van der Waals surface area contributed by atoms with Crippen LogP contribution in [0, 0.1) is 0 Å². The van der Waals surface area contributed by atoms with Crippen molar-refractivity contribution in [3.8, 4) is 0 Å². The third kappa shape index (κ3) is 6.53. The van der Waals surface area contributed by atoms with Gasteiger partial charge in [0.1, 0.15) is 5.60 Å². The number of hydrogen-bond acceptors (Lipinski definition) is 5. The Hall–Kier alpha value is -1.55. The van der Waals surface area contributed by atoms with Crippen molar-refractivity contribution < 1.29 is 17.9 Å². The molecule has 27 heavy (non-hydrogen) atoms. The van der Waals surface area contributed by atoms with Gasteiger partial charge in [-0.15, -0.1) is 0 Å². The van der Waals surface area contributed by atoms with E-state index >= 15 is 0 Å². The van der Waals surface area contributed by atoms with Crippen LogP contribution in [0.3, 0.4) is 0 Å². The van der Waals surface area contributed by atoms with Gasteiger partial charge in [-0.3, -0.25) is 4.99 Å². The second kappa shape index (κ2) is 8.64. The van der Waals surface area contributed by atoms with Crippen LogP contribution in [-0.2, 0) is 14.8 Å². The number of alkyl carbamates (subject to hydrolysis) is 1. The lowest BCUT2D eigenvalue weighted by atomic mass is 10.2. The molecule has 9 nitrogen and oxygen atoms in total. The van der Waals surface area contributed by atoms with E-state index in [9.17, 15) is 13.2 Å². The first-order chi connectivity index (χ1) is 12.5. The molecular formula is C17H33N5O4S. The summed E-state index contributed by atoms with van der Waals surface area (Å²) in [6.45, 7) is 8.02. The molecule has 2 fully saturated rings. The Kier molecular flexibility index (Phi) is 6.96. The Balaban J connectivity index is 1.84. The largest absolute Gasteiger partial charge is 0.444 e. The van der Waals surface area contributed by atoms with Gasteiger partial charge in [-0.05, 0) is 40.0 Å². The lowest BCUT2D eigenvalue weighted by Gasteiger charge is -2.26. The number of likely N-dealkylation sites (tertiary alicyclic amines) is 1. The Morgan fingerprint density at radius 2 is 1.96 bits per heavy atom. The maximum atomic E-state index is 11.9. The molecule has 2 saturated heterocycles. The molecule has 2 aliphatic heterocycles. The lowest BCUT2D eigenvalue weighted by Crippen LogP contribution is -2.48. The summed E-state index contributed by atoms with van der Waals surface area (Å²) < 4.78 is 30.6. The molecule has 0 radical (unpaired) electrons. The molecule has 0 aromatic rings. The molecule has 2 N–H and O–H groups in total. The van der Waals surface area contributed by atoms with Gasteiger partial charge in [0.05, 0.1) is 12.3 Å². The highest BCUT2D eigenvalue weighted by molar-refractivity contribution is 7.88. The summed E-state index contributed by atoms with van der Waals surface area (Å²) in [5.41, 5.74) is -0.521. The predicted octanol–water partition coefficient (Wildman–Crippen LogP) is 0.585. The van der Waals surface area contributed by atoms with Gasteiger partial charge in [-0.1, -0.05) is 0 Å². The van der Waals surface area contributed by atoms with Crippen molar-refractivity contribution in [2.24, 2.45) is 4.99 Å². The van der Waals surface area contributed by atoms with E-state index in [4.69, 9.17) is 4.74 Å². The number of carbonyl (C=O) groups is 1. The summed E-state index contributed by atoms with van der Waals surface area (Å²) in [4.78, 5) is 18.3. The number of carbonyl (C=O) groups excluding carboxylic acids is 1. The molecule has 0 bridgehead atoms. The minimum Gasteiger partial charge on any atom is -0.444 e. The van der Waals surface area contributed by atoms with Crippen LogP contribution in [0.5, 0.6) is 0 Å². The van der Waals surface area contributed by atoms with Gasteiger partial charge in [0.25, 0.3) is 0 Å². The molecule has 0 aromatic carbocycles. The summed E-state index contributed by atoms with van der Waals surface area (Å²) in [7, 11) is -1.48. The number of hydrogen-bond donors (Lipinski definition) is 2. The number of sulfonamides is 1. The molecule has 0 aromatic heterocycles. The number of guanidine groups is 1. The average Bonchev–Trinajstić information content (AvgIpc) is 3.15. The van der Waals surface area contributed by atoms with Gasteiger partial charge in [-0.25, -0.2) is 13.2 Å². The average molecular weight is 404 g/mol. The van der Waals surface area contributed by atoms with Gasteiger partial charge >= 0.3 is 6.09 Å². The van der Waals surface area contributed by atoms with Gasteiger partial charge in [0, 0.05) is 39.3 Å². The third-order valence-corrected chi connectivity index (χ3v) is 6.00.